The molecular formula is C20H25NO4. The zero-order valence-corrected chi connectivity index (χ0v) is 14.3. The molecule has 0 aromatic heterocycles. The molecule has 2 aromatic carbocycles. The lowest BCUT2D eigenvalue weighted by molar-refractivity contribution is -0.0501. The van der Waals surface area contributed by atoms with Crippen molar-refractivity contribution < 1.29 is 20.4 Å². The number of aromatic hydroxyl groups is 2. The number of aliphatic hydroxyl groups is 2. The highest BCUT2D eigenvalue weighted by Gasteiger charge is 2.36. The number of rotatable bonds is 4. The molecule has 3 rings (SSSR count). The minimum Gasteiger partial charge on any atom is -0.504 e. The van der Waals surface area contributed by atoms with E-state index >= 15 is 0 Å². The number of hydrogen-bond donors (Lipinski definition) is 4. The first kappa shape index (κ1) is 17.7. The smallest absolute Gasteiger partial charge is 0.157 e. The Morgan fingerprint density at radius 1 is 0.960 bits per heavy atom. The molecule has 25 heavy (non-hydrogen) atoms. The predicted octanol–water partition coefficient (Wildman–Crippen LogP) is 2.50. The van der Waals surface area contributed by atoms with Crippen LogP contribution in [0, 0.1) is 0 Å². The third kappa shape index (κ3) is 3.63. The van der Waals surface area contributed by atoms with E-state index in [4.69, 9.17) is 0 Å². The first-order chi connectivity index (χ1) is 11.9. The van der Waals surface area contributed by atoms with Gasteiger partial charge < -0.3 is 20.4 Å². The van der Waals surface area contributed by atoms with Crippen LogP contribution in [-0.4, -0.2) is 44.5 Å². The van der Waals surface area contributed by atoms with Crippen molar-refractivity contribution in [3.05, 3.63) is 59.7 Å². The molecule has 4 N–H and O–H groups in total. The minimum absolute atomic E-state index is 0.163. The van der Waals surface area contributed by atoms with Crippen molar-refractivity contribution in [2.24, 2.45) is 0 Å². The summed E-state index contributed by atoms with van der Waals surface area (Å²) >= 11 is 0. The average Bonchev–Trinajstić information content (AvgIpc) is 2.64. The van der Waals surface area contributed by atoms with E-state index in [0.29, 0.717) is 31.5 Å². The highest BCUT2D eigenvalue weighted by Crippen LogP contribution is 2.35. The second-order valence-corrected chi connectivity index (χ2v) is 6.87. The topological polar surface area (TPSA) is 84.2 Å². The molecule has 0 spiro atoms. The molecule has 0 saturated carbocycles. The molecule has 0 radical (unpaired) electrons. The van der Waals surface area contributed by atoms with E-state index < -0.39 is 11.7 Å². The molecule has 0 bridgehead atoms. The molecule has 0 aliphatic carbocycles. The van der Waals surface area contributed by atoms with Crippen molar-refractivity contribution in [3.63, 3.8) is 0 Å². The normalized spacial score (nSPS) is 20.1. The van der Waals surface area contributed by atoms with Gasteiger partial charge in [-0.25, -0.2) is 0 Å². The van der Waals surface area contributed by atoms with Crippen LogP contribution in [-0.2, 0) is 5.60 Å². The second-order valence-electron chi connectivity index (χ2n) is 6.87. The molecular weight excluding hydrogens is 318 g/mol. The summed E-state index contributed by atoms with van der Waals surface area (Å²) in [6, 6.07) is 13.9. The summed E-state index contributed by atoms with van der Waals surface area (Å²) < 4.78 is 0. The van der Waals surface area contributed by atoms with Crippen LogP contribution in [0.3, 0.4) is 0 Å². The number of aliphatic hydroxyl groups excluding tert-OH is 1. The van der Waals surface area contributed by atoms with E-state index in [-0.39, 0.29) is 17.5 Å². The Hall–Kier alpha value is -2.08. The van der Waals surface area contributed by atoms with Crippen molar-refractivity contribution in [1.29, 1.82) is 0 Å². The van der Waals surface area contributed by atoms with Crippen LogP contribution in [0.5, 0.6) is 11.5 Å². The van der Waals surface area contributed by atoms with Crippen LogP contribution >= 0.6 is 0 Å². The maximum absolute atomic E-state index is 10.9. The second kappa shape index (κ2) is 7.04. The minimum atomic E-state index is -0.820. The van der Waals surface area contributed by atoms with E-state index in [1.165, 1.54) is 12.1 Å². The maximum atomic E-state index is 10.9. The lowest BCUT2D eigenvalue weighted by Crippen LogP contribution is -2.47. The molecule has 0 amide bonds. The van der Waals surface area contributed by atoms with E-state index in [2.05, 4.69) is 4.90 Å². The van der Waals surface area contributed by atoms with E-state index in [1.54, 1.807) is 6.07 Å². The van der Waals surface area contributed by atoms with Crippen LogP contribution < -0.4 is 0 Å². The summed E-state index contributed by atoms with van der Waals surface area (Å²) in [5.74, 6) is -0.435. The van der Waals surface area contributed by atoms with Crippen LogP contribution in [0.4, 0.5) is 0 Å². The Balaban J connectivity index is 1.66. The molecule has 1 saturated heterocycles. The fourth-order valence-electron chi connectivity index (χ4n) is 3.54. The first-order valence-corrected chi connectivity index (χ1v) is 8.62. The van der Waals surface area contributed by atoms with E-state index in [9.17, 15) is 20.4 Å². The highest BCUT2D eigenvalue weighted by atomic mass is 16.3. The fraction of sp³-hybridized carbons (Fsp3) is 0.400. The van der Waals surface area contributed by atoms with Crippen molar-refractivity contribution in [3.8, 4) is 11.5 Å². The average molecular weight is 343 g/mol. The summed E-state index contributed by atoms with van der Waals surface area (Å²) in [6.07, 6.45) is 0.429. The number of phenols is 2. The van der Waals surface area contributed by atoms with Crippen LogP contribution in [0.1, 0.15) is 37.0 Å². The molecule has 1 heterocycles. The number of hydrogen-bond acceptors (Lipinski definition) is 5. The standard InChI is InChI=1S/C20H25NO4/c1-14(19(24)15-7-8-17(22)18(23)13-15)21-11-9-20(25,10-12-21)16-5-3-2-4-6-16/h2-8,13-14,19,22-25H,9-12H2,1H3/t14-,19+/m1/s1. The Morgan fingerprint density at radius 3 is 2.20 bits per heavy atom. The zero-order valence-electron chi connectivity index (χ0n) is 14.3. The fourth-order valence-corrected chi connectivity index (χ4v) is 3.54. The Labute approximate surface area is 147 Å². The lowest BCUT2D eigenvalue weighted by Gasteiger charge is -2.42. The Morgan fingerprint density at radius 2 is 1.60 bits per heavy atom. The summed E-state index contributed by atoms with van der Waals surface area (Å²) in [4.78, 5) is 2.14. The molecule has 1 aliphatic rings. The van der Waals surface area contributed by atoms with Gasteiger partial charge >= 0.3 is 0 Å². The molecule has 1 fully saturated rings. The van der Waals surface area contributed by atoms with Crippen molar-refractivity contribution >= 4 is 0 Å². The van der Waals surface area contributed by atoms with Crippen LogP contribution in [0.25, 0.3) is 0 Å². The van der Waals surface area contributed by atoms with Gasteiger partial charge in [0, 0.05) is 19.1 Å². The van der Waals surface area contributed by atoms with Gasteiger partial charge in [-0.05, 0) is 43.0 Å². The SMILES string of the molecule is C[C@H]([C@H](O)c1ccc(O)c(O)c1)N1CCC(O)(c2ccccc2)CC1. The van der Waals surface area contributed by atoms with Gasteiger partial charge in [0.1, 0.15) is 0 Å². The van der Waals surface area contributed by atoms with Gasteiger partial charge in [-0.1, -0.05) is 36.4 Å². The van der Waals surface area contributed by atoms with Gasteiger partial charge in [-0.3, -0.25) is 4.90 Å². The summed E-state index contributed by atoms with van der Waals surface area (Å²) in [7, 11) is 0. The quantitative estimate of drug-likeness (QED) is 0.641. The maximum Gasteiger partial charge on any atom is 0.157 e. The van der Waals surface area contributed by atoms with Gasteiger partial charge in [-0.2, -0.15) is 0 Å². The molecule has 2 atom stereocenters. The van der Waals surface area contributed by atoms with Gasteiger partial charge in [0.25, 0.3) is 0 Å². The Kier molecular flexibility index (Phi) is 4.99. The number of piperidine rings is 1. The molecule has 5 nitrogen and oxygen atoms in total. The van der Waals surface area contributed by atoms with Gasteiger partial charge in [0.2, 0.25) is 0 Å². The summed E-state index contributed by atoms with van der Waals surface area (Å²) in [6.45, 7) is 3.28. The number of phenolic OH excluding ortho intramolecular Hbond substituents is 2. The first-order valence-electron chi connectivity index (χ1n) is 8.62. The Bertz CT molecular complexity index is 711. The molecule has 0 unspecified atom stereocenters. The van der Waals surface area contributed by atoms with Gasteiger partial charge in [-0.15, -0.1) is 0 Å². The van der Waals surface area contributed by atoms with Crippen LogP contribution in [0.15, 0.2) is 48.5 Å². The summed E-state index contributed by atoms with van der Waals surface area (Å²) in [5, 5.41) is 40.6. The van der Waals surface area contributed by atoms with Crippen LogP contribution in [0.2, 0.25) is 0 Å². The third-order valence-corrected chi connectivity index (χ3v) is 5.31. The molecule has 134 valence electrons. The van der Waals surface area contributed by atoms with Crippen molar-refractivity contribution in [2.75, 3.05) is 13.1 Å². The third-order valence-electron chi connectivity index (χ3n) is 5.31. The lowest BCUT2D eigenvalue weighted by atomic mass is 9.83. The zero-order chi connectivity index (χ0) is 18.0. The molecule has 2 aromatic rings. The largest absolute Gasteiger partial charge is 0.504 e. The molecule has 1 aliphatic heterocycles. The van der Waals surface area contributed by atoms with Crippen molar-refractivity contribution in [1.82, 2.24) is 4.90 Å². The van der Waals surface area contributed by atoms with Gasteiger partial charge in [0.05, 0.1) is 11.7 Å². The predicted molar refractivity (Wildman–Crippen MR) is 95.3 cm³/mol. The number of benzene rings is 2. The summed E-state index contributed by atoms with van der Waals surface area (Å²) in [5.41, 5.74) is 0.678. The monoisotopic (exact) mass is 343 g/mol. The number of nitrogens with zero attached hydrogens (tertiary/aromatic N) is 1. The van der Waals surface area contributed by atoms with E-state index in [1.807, 2.05) is 37.3 Å². The highest BCUT2D eigenvalue weighted by molar-refractivity contribution is 5.41. The van der Waals surface area contributed by atoms with E-state index in [0.717, 1.165) is 5.56 Å². The van der Waals surface area contributed by atoms with Gasteiger partial charge in [0.15, 0.2) is 11.5 Å². The molecule has 5 heteroatoms. The van der Waals surface area contributed by atoms with Crippen molar-refractivity contribution in [2.45, 2.75) is 37.5 Å². The number of likely N-dealkylation sites (tertiary alicyclic amines) is 1.